The Kier molecular flexibility index (Phi) is 5.46. The van der Waals surface area contributed by atoms with Crippen LogP contribution in [0.2, 0.25) is 0 Å². The number of carboxylic acid groups (broad SMARTS) is 1. The van der Waals surface area contributed by atoms with Gasteiger partial charge in [0.15, 0.2) is 12.4 Å². The van der Waals surface area contributed by atoms with Gasteiger partial charge in [0.1, 0.15) is 6.10 Å². The third-order valence-electron chi connectivity index (χ3n) is 3.00. The Morgan fingerprint density at radius 3 is 2.05 bits per heavy atom. The largest absolute Gasteiger partial charge is 0.481 e. The van der Waals surface area contributed by atoms with Crippen LogP contribution in [-0.2, 0) is 28.6 Å². The summed E-state index contributed by atoms with van der Waals surface area (Å²) in [6.07, 6.45) is -4.83. The number of rotatable bonds is 4. The molecule has 1 rings (SSSR count). The fraction of sp³-hybridized carbons (Fsp3) is 0.750. The van der Waals surface area contributed by atoms with Gasteiger partial charge in [-0.25, -0.2) is 0 Å². The molecular formula is C12H18O8. The van der Waals surface area contributed by atoms with Crippen LogP contribution in [0, 0.1) is 5.92 Å². The summed E-state index contributed by atoms with van der Waals surface area (Å²) in [5.74, 6) is -3.20. The first kappa shape index (κ1) is 16.4. The van der Waals surface area contributed by atoms with Crippen LogP contribution in [0.25, 0.3) is 0 Å². The molecule has 1 heterocycles. The summed E-state index contributed by atoms with van der Waals surface area (Å²) in [7, 11) is 0. The lowest BCUT2D eigenvalue weighted by molar-refractivity contribution is -0.274. The topological polar surface area (TPSA) is 119 Å². The minimum Gasteiger partial charge on any atom is -0.481 e. The summed E-state index contributed by atoms with van der Waals surface area (Å²) in [5.41, 5.74) is 0. The molecule has 0 bridgehead atoms. The summed E-state index contributed by atoms with van der Waals surface area (Å²) in [6, 6.07) is 0. The molecule has 8 nitrogen and oxygen atoms in total. The Bertz CT molecular complexity index is 365. The molecule has 2 N–H and O–H groups in total. The van der Waals surface area contributed by atoms with E-state index in [1.807, 2.05) is 0 Å². The number of esters is 2. The van der Waals surface area contributed by atoms with E-state index in [2.05, 4.69) is 0 Å². The van der Waals surface area contributed by atoms with E-state index < -0.39 is 48.4 Å². The van der Waals surface area contributed by atoms with Crippen LogP contribution >= 0.6 is 0 Å². The highest BCUT2D eigenvalue weighted by molar-refractivity contribution is 5.69. The van der Waals surface area contributed by atoms with E-state index in [1.54, 1.807) is 6.92 Å². The smallest absolute Gasteiger partial charge is 0.303 e. The van der Waals surface area contributed by atoms with Crippen LogP contribution < -0.4 is 0 Å². The lowest BCUT2D eigenvalue weighted by atomic mass is 9.86. The number of aliphatic hydroxyl groups is 1. The number of carbonyl (C=O) groups excluding carboxylic acids is 2. The van der Waals surface area contributed by atoms with Crippen molar-refractivity contribution in [1.82, 2.24) is 0 Å². The fourth-order valence-corrected chi connectivity index (χ4v) is 2.22. The third-order valence-corrected chi connectivity index (χ3v) is 3.00. The Hall–Kier alpha value is -1.67. The number of carboxylic acids is 1. The van der Waals surface area contributed by atoms with Crippen LogP contribution in [0.3, 0.4) is 0 Å². The van der Waals surface area contributed by atoms with Crippen molar-refractivity contribution in [3.63, 3.8) is 0 Å². The van der Waals surface area contributed by atoms with Gasteiger partial charge in [-0.15, -0.1) is 0 Å². The summed E-state index contributed by atoms with van der Waals surface area (Å²) >= 11 is 0. The highest BCUT2D eigenvalue weighted by Crippen LogP contribution is 2.31. The molecule has 5 atom stereocenters. The van der Waals surface area contributed by atoms with Crippen molar-refractivity contribution in [3.8, 4) is 0 Å². The highest BCUT2D eigenvalue weighted by Gasteiger charge is 2.48. The first-order chi connectivity index (χ1) is 9.22. The number of ether oxygens (including phenoxy) is 3. The molecule has 20 heavy (non-hydrogen) atoms. The Labute approximate surface area is 115 Å². The second kappa shape index (κ2) is 6.67. The number of aliphatic hydroxyl groups excluding tert-OH is 1. The molecule has 8 heteroatoms. The highest BCUT2D eigenvalue weighted by atomic mass is 16.7. The zero-order valence-corrected chi connectivity index (χ0v) is 11.4. The van der Waals surface area contributed by atoms with E-state index in [1.165, 1.54) is 0 Å². The Morgan fingerprint density at radius 1 is 1.10 bits per heavy atom. The summed E-state index contributed by atoms with van der Waals surface area (Å²) in [5, 5.41) is 18.7. The molecule has 114 valence electrons. The maximum Gasteiger partial charge on any atom is 0.303 e. The number of aliphatic carboxylic acids is 1. The number of carbonyl (C=O) groups is 3. The monoisotopic (exact) mass is 290 g/mol. The van der Waals surface area contributed by atoms with Crippen LogP contribution in [0.5, 0.6) is 0 Å². The molecule has 1 aliphatic rings. The summed E-state index contributed by atoms with van der Waals surface area (Å²) in [6.45, 7) is 3.83. The first-order valence-electron chi connectivity index (χ1n) is 6.12. The fourth-order valence-electron chi connectivity index (χ4n) is 2.22. The van der Waals surface area contributed by atoms with Crippen molar-refractivity contribution in [2.45, 2.75) is 51.8 Å². The van der Waals surface area contributed by atoms with Gasteiger partial charge in [-0.05, 0) is 6.92 Å². The molecule has 0 amide bonds. The van der Waals surface area contributed by atoms with Crippen molar-refractivity contribution in [1.29, 1.82) is 0 Å². The quantitative estimate of drug-likeness (QED) is 0.676. The predicted octanol–water partition coefficient (Wildman–Crippen LogP) is -0.322. The van der Waals surface area contributed by atoms with Crippen LogP contribution in [-0.4, -0.2) is 52.7 Å². The van der Waals surface area contributed by atoms with Gasteiger partial charge in [-0.2, -0.15) is 0 Å². The molecule has 0 spiro atoms. The van der Waals surface area contributed by atoms with E-state index in [0.717, 1.165) is 13.8 Å². The van der Waals surface area contributed by atoms with E-state index in [4.69, 9.17) is 19.3 Å². The van der Waals surface area contributed by atoms with Crippen molar-refractivity contribution >= 4 is 17.9 Å². The van der Waals surface area contributed by atoms with Gasteiger partial charge in [0, 0.05) is 19.8 Å². The minimum absolute atomic E-state index is 0.344. The third kappa shape index (κ3) is 4.17. The van der Waals surface area contributed by atoms with E-state index >= 15 is 0 Å². The van der Waals surface area contributed by atoms with Crippen LogP contribution in [0.4, 0.5) is 0 Å². The SMILES string of the molecule is CC(=O)O[C@@H]1[C@H](CC(=O)O)[C@H](C)OC(O)[C@H]1OC(C)=O. The normalized spacial score (nSPS) is 33.3. The number of hydrogen-bond acceptors (Lipinski definition) is 7. The second-order valence-electron chi connectivity index (χ2n) is 4.64. The van der Waals surface area contributed by atoms with Gasteiger partial charge in [0.25, 0.3) is 0 Å². The van der Waals surface area contributed by atoms with E-state index in [9.17, 15) is 19.5 Å². The lowest BCUT2D eigenvalue weighted by Gasteiger charge is -2.42. The van der Waals surface area contributed by atoms with E-state index in [-0.39, 0.29) is 6.42 Å². The zero-order valence-electron chi connectivity index (χ0n) is 11.4. The summed E-state index contributed by atoms with van der Waals surface area (Å²) in [4.78, 5) is 33.1. The molecule has 1 aliphatic heterocycles. The molecule has 0 saturated carbocycles. The predicted molar refractivity (Wildman–Crippen MR) is 63.4 cm³/mol. The standard InChI is InChI=1S/C12H18O8/c1-5-8(4-9(15)16)10(19-6(2)13)11(12(17)18-5)20-7(3)14/h5,8,10-12,17H,4H2,1-3H3,(H,15,16)/t5-,8+,10+,11-,12?/m0/s1. The van der Waals surface area contributed by atoms with Gasteiger partial charge in [-0.3, -0.25) is 14.4 Å². The maximum absolute atomic E-state index is 11.2. The van der Waals surface area contributed by atoms with Crippen molar-refractivity contribution in [3.05, 3.63) is 0 Å². The van der Waals surface area contributed by atoms with E-state index in [0.29, 0.717) is 0 Å². The van der Waals surface area contributed by atoms with Gasteiger partial charge >= 0.3 is 17.9 Å². The van der Waals surface area contributed by atoms with Crippen LogP contribution in [0.1, 0.15) is 27.2 Å². The molecule has 0 radical (unpaired) electrons. The molecular weight excluding hydrogens is 272 g/mol. The van der Waals surface area contributed by atoms with Gasteiger partial charge < -0.3 is 24.4 Å². The van der Waals surface area contributed by atoms with Crippen molar-refractivity contribution < 1.29 is 38.8 Å². The maximum atomic E-state index is 11.2. The van der Waals surface area contributed by atoms with Gasteiger partial charge in [-0.1, -0.05) is 0 Å². The average molecular weight is 290 g/mol. The molecule has 0 aromatic carbocycles. The molecule has 1 unspecified atom stereocenters. The Balaban J connectivity index is 3.01. The molecule has 1 fully saturated rings. The van der Waals surface area contributed by atoms with Gasteiger partial charge in [0.2, 0.25) is 0 Å². The molecule has 0 aliphatic carbocycles. The van der Waals surface area contributed by atoms with Gasteiger partial charge in [0.05, 0.1) is 12.5 Å². The number of hydrogen-bond donors (Lipinski definition) is 2. The summed E-state index contributed by atoms with van der Waals surface area (Å²) < 4.78 is 15.1. The first-order valence-corrected chi connectivity index (χ1v) is 6.12. The van der Waals surface area contributed by atoms with Crippen molar-refractivity contribution in [2.24, 2.45) is 5.92 Å². The molecule has 0 aromatic heterocycles. The minimum atomic E-state index is -1.48. The Morgan fingerprint density at radius 2 is 1.60 bits per heavy atom. The zero-order chi connectivity index (χ0) is 15.4. The lowest BCUT2D eigenvalue weighted by Crippen LogP contribution is -2.57. The van der Waals surface area contributed by atoms with Crippen molar-refractivity contribution in [2.75, 3.05) is 0 Å². The molecule has 0 aromatic rings. The second-order valence-corrected chi connectivity index (χ2v) is 4.64. The van der Waals surface area contributed by atoms with Crippen LogP contribution in [0.15, 0.2) is 0 Å². The average Bonchev–Trinajstić information content (AvgIpc) is 2.27. The molecule has 1 saturated heterocycles.